The fraction of sp³-hybridized carbons (Fsp3) is 0.941. The van der Waals surface area contributed by atoms with Gasteiger partial charge in [-0.15, -0.1) is 0 Å². The first-order valence-corrected chi connectivity index (χ1v) is 17.6. The van der Waals surface area contributed by atoms with Gasteiger partial charge in [-0.3, -0.25) is 9.59 Å². The van der Waals surface area contributed by atoms with E-state index >= 15 is 0 Å². The average Bonchev–Trinajstić information content (AvgIpc) is 3.26. The van der Waals surface area contributed by atoms with Gasteiger partial charge in [0.1, 0.15) is 24.4 Å². The number of esters is 1. The number of unbranched alkanes of at least 4 members (excludes halogenated alkanes) is 18. The molecule has 5 N–H and O–H groups in total. The monoisotopic (exact) mass is 615 g/mol. The number of hydrogen-bond acceptors (Lipinski definition) is 8. The van der Waals surface area contributed by atoms with Crippen LogP contribution in [0.15, 0.2) is 0 Å². The highest BCUT2D eigenvalue weighted by molar-refractivity contribution is 5.77. The SMILES string of the molecule is CCCCCCCCCCCCCC(=O)OC(CCCCCCCCCCC)CC(=O)N[C@H]1[C@@H](O)[C@@H](O)O[C@@H]1[C@H](O)CO. The lowest BCUT2D eigenvalue weighted by atomic mass is 10.0. The lowest BCUT2D eigenvalue weighted by Gasteiger charge is -2.25. The van der Waals surface area contributed by atoms with Gasteiger partial charge in [0.15, 0.2) is 6.29 Å². The number of carbonyl (C=O) groups is 2. The maximum atomic E-state index is 12.9. The summed E-state index contributed by atoms with van der Waals surface area (Å²) in [7, 11) is 0. The number of rotatable bonds is 28. The second-order valence-corrected chi connectivity index (χ2v) is 12.5. The van der Waals surface area contributed by atoms with Crippen LogP contribution in [0.25, 0.3) is 0 Å². The van der Waals surface area contributed by atoms with Crippen LogP contribution in [0.4, 0.5) is 0 Å². The van der Waals surface area contributed by atoms with Crippen LogP contribution in [0, 0.1) is 0 Å². The Bertz CT molecular complexity index is 693. The topological polar surface area (TPSA) is 146 Å². The van der Waals surface area contributed by atoms with Crippen molar-refractivity contribution >= 4 is 11.9 Å². The predicted octanol–water partition coefficient (Wildman–Crippen LogP) is 5.83. The van der Waals surface area contributed by atoms with E-state index in [1.165, 1.54) is 89.9 Å². The molecule has 6 atom stereocenters. The summed E-state index contributed by atoms with van der Waals surface area (Å²) in [6.45, 7) is 3.80. The highest BCUT2D eigenvalue weighted by Gasteiger charge is 2.46. The summed E-state index contributed by atoms with van der Waals surface area (Å²) in [6, 6.07) is -1.09. The largest absolute Gasteiger partial charge is 0.462 e. The third-order valence-electron chi connectivity index (χ3n) is 8.53. The summed E-state index contributed by atoms with van der Waals surface area (Å²) in [5, 5.41) is 42.0. The van der Waals surface area contributed by atoms with Crippen molar-refractivity contribution in [3.05, 3.63) is 0 Å². The van der Waals surface area contributed by atoms with Crippen LogP contribution in [-0.2, 0) is 19.1 Å². The van der Waals surface area contributed by atoms with E-state index in [1.54, 1.807) is 0 Å². The van der Waals surface area contributed by atoms with Gasteiger partial charge in [0.2, 0.25) is 5.91 Å². The fourth-order valence-electron chi connectivity index (χ4n) is 5.81. The maximum Gasteiger partial charge on any atom is 0.306 e. The molecule has 1 aliphatic rings. The lowest BCUT2D eigenvalue weighted by Crippen LogP contribution is -2.52. The van der Waals surface area contributed by atoms with Crippen molar-refractivity contribution in [2.45, 2.75) is 198 Å². The Hall–Kier alpha value is -1.26. The van der Waals surface area contributed by atoms with Crippen molar-refractivity contribution < 1.29 is 39.5 Å². The molecule has 1 amide bonds. The molecule has 1 unspecified atom stereocenters. The van der Waals surface area contributed by atoms with Gasteiger partial charge in [-0.25, -0.2) is 0 Å². The quantitative estimate of drug-likeness (QED) is 0.0546. The van der Waals surface area contributed by atoms with Crippen LogP contribution < -0.4 is 5.32 Å². The van der Waals surface area contributed by atoms with Crippen molar-refractivity contribution in [2.24, 2.45) is 0 Å². The van der Waals surface area contributed by atoms with Gasteiger partial charge in [-0.05, 0) is 19.3 Å². The fourth-order valence-corrected chi connectivity index (χ4v) is 5.81. The van der Waals surface area contributed by atoms with Gasteiger partial charge in [-0.2, -0.15) is 0 Å². The minimum atomic E-state index is -1.59. The Morgan fingerprint density at radius 3 is 1.70 bits per heavy atom. The Morgan fingerprint density at radius 1 is 0.744 bits per heavy atom. The van der Waals surface area contributed by atoms with Crippen LogP contribution in [0.3, 0.4) is 0 Å². The molecule has 1 aliphatic heterocycles. The molecule has 0 aromatic carbocycles. The minimum absolute atomic E-state index is 0.0811. The van der Waals surface area contributed by atoms with Crippen molar-refractivity contribution in [3.8, 4) is 0 Å². The predicted molar refractivity (Wildman–Crippen MR) is 169 cm³/mol. The molecule has 9 nitrogen and oxygen atoms in total. The van der Waals surface area contributed by atoms with E-state index < -0.39 is 49.3 Å². The van der Waals surface area contributed by atoms with E-state index in [2.05, 4.69) is 19.2 Å². The number of ether oxygens (including phenoxy) is 2. The first-order valence-electron chi connectivity index (χ1n) is 17.6. The van der Waals surface area contributed by atoms with Gasteiger partial charge >= 0.3 is 5.97 Å². The maximum absolute atomic E-state index is 12.9. The first kappa shape index (κ1) is 39.8. The third kappa shape index (κ3) is 19.0. The van der Waals surface area contributed by atoms with E-state index in [4.69, 9.17) is 9.47 Å². The number of aliphatic hydroxyl groups is 4. The van der Waals surface area contributed by atoms with Crippen molar-refractivity contribution in [1.29, 1.82) is 0 Å². The zero-order chi connectivity index (χ0) is 31.7. The van der Waals surface area contributed by atoms with Crippen LogP contribution in [-0.4, -0.2) is 75.7 Å². The normalized spacial score (nSPS) is 21.5. The van der Waals surface area contributed by atoms with E-state index in [0.29, 0.717) is 12.8 Å². The molecule has 1 saturated heterocycles. The molecule has 0 radical (unpaired) electrons. The Morgan fingerprint density at radius 2 is 1.21 bits per heavy atom. The zero-order valence-corrected chi connectivity index (χ0v) is 27.4. The van der Waals surface area contributed by atoms with Crippen LogP contribution in [0.5, 0.6) is 0 Å². The number of aliphatic hydroxyl groups excluding tert-OH is 4. The lowest BCUT2D eigenvalue weighted by molar-refractivity contribution is -0.151. The molecule has 254 valence electrons. The molecule has 43 heavy (non-hydrogen) atoms. The van der Waals surface area contributed by atoms with Crippen molar-refractivity contribution in [2.75, 3.05) is 6.61 Å². The Kier molecular flexibility index (Phi) is 24.0. The summed E-state index contributed by atoms with van der Waals surface area (Å²) in [4.78, 5) is 25.6. The number of amides is 1. The standard InChI is InChI=1S/C34H65NO8/c1-3-5-7-9-11-13-14-16-18-20-22-24-30(39)42-27(23-21-19-17-15-12-10-8-6-4-2)25-29(38)35-31-32(40)34(41)43-33(31)28(37)26-36/h27-28,31-34,36-37,40-41H,3-26H2,1-2H3,(H,35,38)/t27?,28-,31+,32-,33-,34+/m1/s1. The van der Waals surface area contributed by atoms with E-state index in [9.17, 15) is 30.0 Å². The molecule has 9 heteroatoms. The molecule has 0 bridgehead atoms. The Labute approximate surface area is 261 Å². The van der Waals surface area contributed by atoms with Crippen LogP contribution in [0.1, 0.15) is 162 Å². The van der Waals surface area contributed by atoms with Crippen LogP contribution >= 0.6 is 0 Å². The molecular formula is C34H65NO8. The van der Waals surface area contributed by atoms with Gasteiger partial charge < -0.3 is 35.2 Å². The second-order valence-electron chi connectivity index (χ2n) is 12.5. The molecular weight excluding hydrogens is 550 g/mol. The molecule has 1 rings (SSSR count). The zero-order valence-electron chi connectivity index (χ0n) is 27.4. The molecule has 1 fully saturated rings. The Balaban J connectivity index is 2.47. The van der Waals surface area contributed by atoms with Gasteiger partial charge in [0, 0.05) is 6.42 Å². The van der Waals surface area contributed by atoms with Crippen molar-refractivity contribution in [1.82, 2.24) is 5.32 Å². The van der Waals surface area contributed by atoms with E-state index in [1.807, 2.05) is 0 Å². The summed E-state index contributed by atoms with van der Waals surface area (Å²) >= 11 is 0. The smallest absolute Gasteiger partial charge is 0.306 e. The summed E-state index contributed by atoms with van der Waals surface area (Å²) < 4.78 is 10.9. The average molecular weight is 616 g/mol. The highest BCUT2D eigenvalue weighted by Crippen LogP contribution is 2.23. The van der Waals surface area contributed by atoms with Gasteiger partial charge in [-0.1, -0.05) is 129 Å². The van der Waals surface area contributed by atoms with Gasteiger partial charge in [0.25, 0.3) is 0 Å². The minimum Gasteiger partial charge on any atom is -0.462 e. The molecule has 1 heterocycles. The first-order chi connectivity index (χ1) is 20.8. The molecule has 0 spiro atoms. The number of nitrogens with one attached hydrogen (secondary N) is 1. The summed E-state index contributed by atoms with van der Waals surface area (Å²) in [5.74, 6) is -0.766. The van der Waals surface area contributed by atoms with Crippen LogP contribution in [0.2, 0.25) is 0 Å². The molecule has 0 aromatic heterocycles. The molecule has 0 saturated carbocycles. The number of hydrogen-bond donors (Lipinski definition) is 5. The third-order valence-corrected chi connectivity index (χ3v) is 8.53. The summed E-state index contributed by atoms with van der Waals surface area (Å²) in [5.41, 5.74) is 0. The van der Waals surface area contributed by atoms with Gasteiger partial charge in [0.05, 0.1) is 19.1 Å². The van der Waals surface area contributed by atoms with Crippen molar-refractivity contribution in [3.63, 3.8) is 0 Å². The van der Waals surface area contributed by atoms with E-state index in [0.717, 1.165) is 38.5 Å². The molecule has 0 aromatic rings. The molecule has 0 aliphatic carbocycles. The second kappa shape index (κ2) is 26.0. The van der Waals surface area contributed by atoms with E-state index in [-0.39, 0.29) is 12.4 Å². The highest BCUT2D eigenvalue weighted by atomic mass is 16.6. The number of carbonyl (C=O) groups excluding carboxylic acids is 2. The summed E-state index contributed by atoms with van der Waals surface area (Å²) in [6.07, 6.45) is 18.4.